The molecule has 2 heterocycles. The largest absolute Gasteiger partial charge is 0.493 e. The standard InChI is InChI=1S/C7H6N4O3/c1-3-10-7(14-11-3)4-5(12)8-2-9-6(4)13/h2H,1H3,(H2,8,9,12,13). The Kier molecular flexibility index (Phi) is 1.77. The first-order valence-corrected chi connectivity index (χ1v) is 3.72. The summed E-state index contributed by atoms with van der Waals surface area (Å²) in [6.07, 6.45) is 1.03. The van der Waals surface area contributed by atoms with Gasteiger partial charge in [0.2, 0.25) is 11.8 Å². The van der Waals surface area contributed by atoms with Crippen molar-refractivity contribution in [2.75, 3.05) is 0 Å². The fourth-order valence-electron chi connectivity index (χ4n) is 0.957. The van der Waals surface area contributed by atoms with Gasteiger partial charge < -0.3 is 14.7 Å². The Morgan fingerprint density at radius 2 is 1.86 bits per heavy atom. The van der Waals surface area contributed by atoms with Crippen LogP contribution in [0.4, 0.5) is 0 Å². The van der Waals surface area contributed by atoms with E-state index in [-0.39, 0.29) is 11.5 Å². The molecule has 2 N–H and O–H groups in total. The lowest BCUT2D eigenvalue weighted by Crippen LogP contribution is -1.87. The van der Waals surface area contributed by atoms with E-state index in [1.54, 1.807) is 6.92 Å². The number of rotatable bonds is 1. The quantitative estimate of drug-likeness (QED) is 0.669. The van der Waals surface area contributed by atoms with Crippen molar-refractivity contribution >= 4 is 0 Å². The molecular weight excluding hydrogens is 188 g/mol. The Morgan fingerprint density at radius 1 is 1.21 bits per heavy atom. The molecule has 7 nitrogen and oxygen atoms in total. The summed E-state index contributed by atoms with van der Waals surface area (Å²) in [6.45, 7) is 1.62. The molecule has 0 radical (unpaired) electrons. The van der Waals surface area contributed by atoms with Crippen LogP contribution in [0.1, 0.15) is 5.82 Å². The molecule has 72 valence electrons. The lowest BCUT2D eigenvalue weighted by molar-refractivity contribution is 0.400. The molecular formula is C7H6N4O3. The molecule has 0 spiro atoms. The lowest BCUT2D eigenvalue weighted by Gasteiger charge is -1.98. The van der Waals surface area contributed by atoms with Crippen LogP contribution in [0.5, 0.6) is 11.8 Å². The minimum absolute atomic E-state index is 0.0156. The van der Waals surface area contributed by atoms with Crippen LogP contribution < -0.4 is 0 Å². The predicted octanol–water partition coefficient (Wildman–Crippen LogP) is 0.246. The zero-order chi connectivity index (χ0) is 10.1. The van der Waals surface area contributed by atoms with Gasteiger partial charge in [0, 0.05) is 0 Å². The van der Waals surface area contributed by atoms with Gasteiger partial charge >= 0.3 is 0 Å². The van der Waals surface area contributed by atoms with Gasteiger partial charge in [-0.05, 0) is 6.92 Å². The average Bonchev–Trinajstić information content (AvgIpc) is 2.51. The Labute approximate surface area is 78.1 Å². The number of hydrogen-bond donors (Lipinski definition) is 2. The maximum atomic E-state index is 9.32. The Morgan fingerprint density at radius 3 is 2.36 bits per heavy atom. The van der Waals surface area contributed by atoms with E-state index in [1.807, 2.05) is 0 Å². The molecule has 0 bridgehead atoms. The van der Waals surface area contributed by atoms with E-state index >= 15 is 0 Å². The zero-order valence-electron chi connectivity index (χ0n) is 7.17. The van der Waals surface area contributed by atoms with Gasteiger partial charge in [0.15, 0.2) is 11.4 Å². The highest BCUT2D eigenvalue weighted by Gasteiger charge is 2.18. The van der Waals surface area contributed by atoms with E-state index in [4.69, 9.17) is 4.52 Å². The summed E-state index contributed by atoms with van der Waals surface area (Å²) < 4.78 is 4.75. The third kappa shape index (κ3) is 1.24. The summed E-state index contributed by atoms with van der Waals surface area (Å²) in [5.74, 6) is -0.428. The fourth-order valence-corrected chi connectivity index (χ4v) is 0.957. The summed E-state index contributed by atoms with van der Waals surface area (Å²) in [4.78, 5) is 10.8. The smallest absolute Gasteiger partial charge is 0.268 e. The predicted molar refractivity (Wildman–Crippen MR) is 43.4 cm³/mol. The van der Waals surface area contributed by atoms with E-state index in [9.17, 15) is 10.2 Å². The highest BCUT2D eigenvalue weighted by Crippen LogP contribution is 2.31. The van der Waals surface area contributed by atoms with Crippen LogP contribution in [0, 0.1) is 6.92 Å². The highest BCUT2D eigenvalue weighted by atomic mass is 16.5. The summed E-state index contributed by atoms with van der Waals surface area (Å²) >= 11 is 0. The van der Waals surface area contributed by atoms with Crippen LogP contribution in [-0.4, -0.2) is 30.3 Å². The Balaban J connectivity index is 2.61. The molecule has 7 heteroatoms. The van der Waals surface area contributed by atoms with Gasteiger partial charge in [0.05, 0.1) is 0 Å². The molecule has 0 aliphatic heterocycles. The van der Waals surface area contributed by atoms with Crippen molar-refractivity contribution in [2.45, 2.75) is 6.92 Å². The van der Waals surface area contributed by atoms with Gasteiger partial charge in [-0.1, -0.05) is 5.16 Å². The molecule has 2 aromatic heterocycles. The minimum atomic E-state index is -0.402. The van der Waals surface area contributed by atoms with Crippen LogP contribution in [0.2, 0.25) is 0 Å². The van der Waals surface area contributed by atoms with Crippen molar-refractivity contribution in [2.24, 2.45) is 0 Å². The first-order valence-electron chi connectivity index (χ1n) is 3.72. The normalized spacial score (nSPS) is 10.4. The van der Waals surface area contributed by atoms with Gasteiger partial charge in [0.25, 0.3) is 5.89 Å². The van der Waals surface area contributed by atoms with Gasteiger partial charge in [0.1, 0.15) is 6.33 Å². The Bertz CT molecular complexity index is 447. The third-order valence-corrected chi connectivity index (χ3v) is 1.55. The maximum Gasteiger partial charge on any atom is 0.268 e. The molecule has 2 rings (SSSR count). The average molecular weight is 194 g/mol. The molecule has 14 heavy (non-hydrogen) atoms. The summed E-state index contributed by atoms with van der Waals surface area (Å²) in [5.41, 5.74) is -0.0619. The van der Waals surface area contributed by atoms with Crippen LogP contribution in [0.15, 0.2) is 10.9 Å². The van der Waals surface area contributed by atoms with E-state index in [0.29, 0.717) is 5.82 Å². The first-order chi connectivity index (χ1) is 6.68. The van der Waals surface area contributed by atoms with Crippen LogP contribution >= 0.6 is 0 Å². The Hall–Kier alpha value is -2.18. The molecule has 0 amide bonds. The number of nitrogens with zero attached hydrogens (tertiary/aromatic N) is 4. The van der Waals surface area contributed by atoms with E-state index in [1.165, 1.54) is 0 Å². The topological polar surface area (TPSA) is 105 Å². The van der Waals surface area contributed by atoms with Crippen molar-refractivity contribution in [3.63, 3.8) is 0 Å². The van der Waals surface area contributed by atoms with Gasteiger partial charge in [-0.2, -0.15) is 4.98 Å². The monoisotopic (exact) mass is 194 g/mol. The van der Waals surface area contributed by atoms with Gasteiger partial charge in [-0.3, -0.25) is 0 Å². The molecule has 0 saturated carbocycles. The SMILES string of the molecule is Cc1noc(-c2c(O)ncnc2O)n1. The summed E-state index contributed by atoms with van der Waals surface area (Å²) in [6, 6.07) is 0. The molecule has 0 atom stereocenters. The van der Waals surface area contributed by atoms with Gasteiger partial charge in [-0.15, -0.1) is 0 Å². The highest BCUT2D eigenvalue weighted by molar-refractivity contribution is 5.64. The number of hydrogen-bond acceptors (Lipinski definition) is 7. The number of aromatic nitrogens is 4. The lowest BCUT2D eigenvalue weighted by atomic mass is 10.3. The fraction of sp³-hybridized carbons (Fsp3) is 0.143. The zero-order valence-corrected chi connectivity index (χ0v) is 7.17. The number of aromatic hydroxyl groups is 2. The minimum Gasteiger partial charge on any atom is -0.493 e. The van der Waals surface area contributed by atoms with Crippen molar-refractivity contribution in [1.29, 1.82) is 0 Å². The molecule has 0 aliphatic carbocycles. The molecule has 2 aromatic rings. The van der Waals surface area contributed by atoms with Crippen molar-refractivity contribution in [1.82, 2.24) is 20.1 Å². The van der Waals surface area contributed by atoms with Crippen LogP contribution in [0.3, 0.4) is 0 Å². The van der Waals surface area contributed by atoms with Crippen LogP contribution in [0.25, 0.3) is 11.5 Å². The first kappa shape index (κ1) is 8.42. The summed E-state index contributed by atoms with van der Waals surface area (Å²) in [5, 5.41) is 22.1. The molecule has 0 fully saturated rings. The maximum absolute atomic E-state index is 9.32. The van der Waals surface area contributed by atoms with Gasteiger partial charge in [-0.25, -0.2) is 9.97 Å². The number of aryl methyl sites for hydroxylation is 1. The van der Waals surface area contributed by atoms with E-state index in [2.05, 4.69) is 20.1 Å². The molecule has 0 unspecified atom stereocenters. The van der Waals surface area contributed by atoms with Crippen molar-refractivity contribution in [3.8, 4) is 23.2 Å². The molecule has 0 aromatic carbocycles. The molecule has 0 saturated heterocycles. The van der Waals surface area contributed by atoms with E-state index in [0.717, 1.165) is 6.33 Å². The van der Waals surface area contributed by atoms with Crippen molar-refractivity contribution < 1.29 is 14.7 Å². The van der Waals surface area contributed by atoms with Crippen molar-refractivity contribution in [3.05, 3.63) is 12.2 Å². The van der Waals surface area contributed by atoms with E-state index < -0.39 is 11.8 Å². The molecule has 0 aliphatic rings. The second-order valence-electron chi connectivity index (χ2n) is 2.54. The van der Waals surface area contributed by atoms with Crippen LogP contribution in [-0.2, 0) is 0 Å². The summed E-state index contributed by atoms with van der Waals surface area (Å²) in [7, 11) is 0. The second kappa shape index (κ2) is 2.95. The second-order valence-corrected chi connectivity index (χ2v) is 2.54. The third-order valence-electron chi connectivity index (χ3n) is 1.55.